The molecule has 2 aromatic rings. The zero-order valence-electron chi connectivity index (χ0n) is 11.4. The van der Waals surface area contributed by atoms with Gasteiger partial charge in [0.25, 0.3) is 0 Å². The van der Waals surface area contributed by atoms with Gasteiger partial charge in [-0.25, -0.2) is 4.39 Å². The molecule has 5 heteroatoms. The number of carbonyl (C=O) groups excluding carboxylic acids is 1. The molecule has 0 fully saturated rings. The first-order valence-electron chi connectivity index (χ1n) is 6.25. The molecule has 2 rings (SSSR count). The number of anilines is 1. The number of rotatable bonds is 4. The number of carbonyl (C=O) groups is 1. The molecule has 4 nitrogen and oxygen atoms in total. The Morgan fingerprint density at radius 1 is 1.29 bits per heavy atom. The average Bonchev–Trinajstić information content (AvgIpc) is 2.48. The number of nitriles is 1. The van der Waals surface area contributed by atoms with Gasteiger partial charge in [-0.1, -0.05) is 12.1 Å². The van der Waals surface area contributed by atoms with Crippen molar-refractivity contribution in [1.82, 2.24) is 0 Å². The van der Waals surface area contributed by atoms with Crippen molar-refractivity contribution in [2.75, 3.05) is 12.4 Å². The average molecular weight is 284 g/mol. The molecule has 0 unspecified atom stereocenters. The number of nitrogens with zero attached hydrogens (tertiary/aromatic N) is 1. The van der Waals surface area contributed by atoms with E-state index < -0.39 is 5.82 Å². The number of halogens is 1. The molecule has 21 heavy (non-hydrogen) atoms. The fraction of sp³-hybridized carbons (Fsp3) is 0.125. The topological polar surface area (TPSA) is 62.1 Å². The summed E-state index contributed by atoms with van der Waals surface area (Å²) in [6, 6.07) is 13.0. The van der Waals surface area contributed by atoms with Crippen LogP contribution < -0.4 is 10.1 Å². The lowest BCUT2D eigenvalue weighted by Gasteiger charge is -2.07. The van der Waals surface area contributed by atoms with Crippen molar-refractivity contribution < 1.29 is 13.9 Å². The van der Waals surface area contributed by atoms with Crippen LogP contribution in [0.5, 0.6) is 5.75 Å². The standard InChI is InChI=1S/C16H13FN2O2/c1-21-15-7-6-13(9-14(15)17)19-16(20)8-11-2-4-12(10-18)5-3-11/h2-7,9H,8H2,1H3,(H,19,20). The van der Waals surface area contributed by atoms with Crippen LogP contribution in [0.2, 0.25) is 0 Å². The quantitative estimate of drug-likeness (QED) is 0.939. The monoisotopic (exact) mass is 284 g/mol. The second-order valence-corrected chi connectivity index (χ2v) is 4.38. The van der Waals surface area contributed by atoms with Crippen LogP contribution in [-0.2, 0) is 11.2 Å². The van der Waals surface area contributed by atoms with E-state index in [1.807, 2.05) is 6.07 Å². The van der Waals surface area contributed by atoms with Gasteiger partial charge in [0.05, 0.1) is 25.2 Å². The van der Waals surface area contributed by atoms with Crippen LogP contribution in [-0.4, -0.2) is 13.0 Å². The Labute approximate surface area is 121 Å². The molecule has 2 aromatic carbocycles. The van der Waals surface area contributed by atoms with E-state index in [-0.39, 0.29) is 18.1 Å². The molecule has 0 aromatic heterocycles. The van der Waals surface area contributed by atoms with Gasteiger partial charge < -0.3 is 10.1 Å². The molecular formula is C16H13FN2O2. The third-order valence-corrected chi connectivity index (χ3v) is 2.88. The lowest BCUT2D eigenvalue weighted by molar-refractivity contribution is -0.115. The van der Waals surface area contributed by atoms with Gasteiger partial charge >= 0.3 is 0 Å². The Balaban J connectivity index is 2.01. The summed E-state index contributed by atoms with van der Waals surface area (Å²) in [5.74, 6) is -0.668. The molecule has 0 aliphatic heterocycles. The summed E-state index contributed by atoms with van der Waals surface area (Å²) in [5, 5.41) is 11.3. The molecule has 0 radical (unpaired) electrons. The predicted molar refractivity (Wildman–Crippen MR) is 76.4 cm³/mol. The number of hydrogen-bond acceptors (Lipinski definition) is 3. The van der Waals surface area contributed by atoms with Crippen LogP contribution in [0, 0.1) is 17.1 Å². The molecular weight excluding hydrogens is 271 g/mol. The molecule has 0 heterocycles. The van der Waals surface area contributed by atoms with E-state index in [0.29, 0.717) is 11.3 Å². The molecule has 106 valence electrons. The first kappa shape index (κ1) is 14.5. The van der Waals surface area contributed by atoms with Gasteiger partial charge in [0.1, 0.15) is 0 Å². The van der Waals surface area contributed by atoms with Crippen molar-refractivity contribution in [2.45, 2.75) is 6.42 Å². The zero-order chi connectivity index (χ0) is 15.2. The van der Waals surface area contributed by atoms with E-state index in [1.54, 1.807) is 30.3 Å². The minimum absolute atomic E-state index is 0.125. The van der Waals surface area contributed by atoms with E-state index in [1.165, 1.54) is 19.2 Å². The molecule has 0 atom stereocenters. The zero-order valence-corrected chi connectivity index (χ0v) is 11.4. The van der Waals surface area contributed by atoms with Gasteiger partial charge in [-0.15, -0.1) is 0 Å². The van der Waals surface area contributed by atoms with Crippen LogP contribution in [0.15, 0.2) is 42.5 Å². The van der Waals surface area contributed by atoms with Crippen molar-refractivity contribution in [3.05, 3.63) is 59.4 Å². The Kier molecular flexibility index (Phi) is 4.52. The molecule has 0 saturated carbocycles. The summed E-state index contributed by atoms with van der Waals surface area (Å²) in [6.45, 7) is 0. The summed E-state index contributed by atoms with van der Waals surface area (Å²) < 4.78 is 18.3. The molecule has 0 saturated heterocycles. The van der Waals surface area contributed by atoms with Gasteiger partial charge in [-0.3, -0.25) is 4.79 Å². The van der Waals surface area contributed by atoms with Crippen LogP contribution in [0.25, 0.3) is 0 Å². The molecule has 0 aliphatic carbocycles. The molecule has 0 aliphatic rings. The summed E-state index contributed by atoms with van der Waals surface area (Å²) in [4.78, 5) is 11.9. The van der Waals surface area contributed by atoms with Gasteiger partial charge in [0, 0.05) is 11.8 Å². The Bertz CT molecular complexity index is 690. The Morgan fingerprint density at radius 3 is 2.57 bits per heavy atom. The highest BCUT2D eigenvalue weighted by atomic mass is 19.1. The van der Waals surface area contributed by atoms with E-state index in [2.05, 4.69) is 5.32 Å². The molecule has 0 spiro atoms. The fourth-order valence-corrected chi connectivity index (χ4v) is 1.83. The number of methoxy groups -OCH3 is 1. The third-order valence-electron chi connectivity index (χ3n) is 2.88. The van der Waals surface area contributed by atoms with Crippen molar-refractivity contribution in [2.24, 2.45) is 0 Å². The number of benzene rings is 2. The lowest BCUT2D eigenvalue weighted by atomic mass is 10.1. The summed E-state index contributed by atoms with van der Waals surface area (Å²) in [7, 11) is 1.38. The van der Waals surface area contributed by atoms with E-state index in [0.717, 1.165) is 5.56 Å². The SMILES string of the molecule is COc1ccc(NC(=O)Cc2ccc(C#N)cc2)cc1F. The normalized spacial score (nSPS) is 9.76. The van der Waals surface area contributed by atoms with E-state index >= 15 is 0 Å². The van der Waals surface area contributed by atoms with Crippen molar-refractivity contribution in [1.29, 1.82) is 5.26 Å². The fourth-order valence-electron chi connectivity index (χ4n) is 1.83. The second kappa shape index (κ2) is 6.53. The van der Waals surface area contributed by atoms with E-state index in [4.69, 9.17) is 10.00 Å². The van der Waals surface area contributed by atoms with Crippen molar-refractivity contribution in [3.63, 3.8) is 0 Å². The maximum atomic E-state index is 13.5. The maximum Gasteiger partial charge on any atom is 0.228 e. The number of ether oxygens (including phenoxy) is 1. The van der Waals surface area contributed by atoms with Crippen molar-refractivity contribution >= 4 is 11.6 Å². The first-order valence-corrected chi connectivity index (χ1v) is 6.25. The molecule has 1 N–H and O–H groups in total. The summed E-state index contributed by atoms with van der Waals surface area (Å²) in [5.41, 5.74) is 1.68. The highest BCUT2D eigenvalue weighted by molar-refractivity contribution is 5.92. The van der Waals surface area contributed by atoms with Crippen LogP contribution in [0.4, 0.5) is 10.1 Å². The highest BCUT2D eigenvalue weighted by Gasteiger charge is 2.07. The first-order chi connectivity index (χ1) is 10.1. The van der Waals surface area contributed by atoms with E-state index in [9.17, 15) is 9.18 Å². The van der Waals surface area contributed by atoms with Gasteiger partial charge in [0.15, 0.2) is 11.6 Å². The minimum Gasteiger partial charge on any atom is -0.494 e. The van der Waals surface area contributed by atoms with Gasteiger partial charge in [-0.2, -0.15) is 5.26 Å². The smallest absolute Gasteiger partial charge is 0.228 e. The minimum atomic E-state index is -0.534. The van der Waals surface area contributed by atoms with Crippen LogP contribution in [0.3, 0.4) is 0 Å². The predicted octanol–water partition coefficient (Wildman–Crippen LogP) is 2.89. The Morgan fingerprint density at radius 2 is 2.00 bits per heavy atom. The highest BCUT2D eigenvalue weighted by Crippen LogP contribution is 2.20. The molecule has 0 bridgehead atoms. The lowest BCUT2D eigenvalue weighted by Crippen LogP contribution is -2.14. The Hall–Kier alpha value is -2.87. The van der Waals surface area contributed by atoms with Gasteiger partial charge in [0.2, 0.25) is 5.91 Å². The van der Waals surface area contributed by atoms with Crippen LogP contribution >= 0.6 is 0 Å². The third kappa shape index (κ3) is 3.80. The molecule has 1 amide bonds. The maximum absolute atomic E-state index is 13.5. The second-order valence-electron chi connectivity index (χ2n) is 4.38. The largest absolute Gasteiger partial charge is 0.494 e. The summed E-state index contributed by atoms with van der Waals surface area (Å²) in [6.07, 6.45) is 0.152. The number of nitrogens with one attached hydrogen (secondary N) is 1. The van der Waals surface area contributed by atoms with Crippen LogP contribution in [0.1, 0.15) is 11.1 Å². The number of hydrogen-bond donors (Lipinski definition) is 1. The van der Waals surface area contributed by atoms with Gasteiger partial charge in [-0.05, 0) is 29.8 Å². The van der Waals surface area contributed by atoms with Crippen molar-refractivity contribution in [3.8, 4) is 11.8 Å². The number of amides is 1. The summed E-state index contributed by atoms with van der Waals surface area (Å²) >= 11 is 0.